The Morgan fingerprint density at radius 2 is 2.10 bits per heavy atom. The topological polar surface area (TPSA) is 127 Å². The van der Waals surface area contributed by atoms with Gasteiger partial charge in [-0.3, -0.25) is 16.0 Å². The van der Waals surface area contributed by atoms with E-state index in [9.17, 15) is 18.5 Å². The molecule has 0 aliphatic heterocycles. The number of nitrogens with two attached hydrogens (primary N) is 1. The summed E-state index contributed by atoms with van der Waals surface area (Å²) in [6, 6.07) is 6.97. The molecule has 0 fully saturated rings. The first-order chi connectivity index (χ1) is 9.94. The van der Waals surface area contributed by atoms with Crippen molar-refractivity contribution in [2.45, 2.75) is 11.4 Å². The zero-order chi connectivity index (χ0) is 15.5. The number of nitrogen functional groups attached to an aromatic ring is 1. The summed E-state index contributed by atoms with van der Waals surface area (Å²) in [5.74, 6) is 5.25. The molecule has 2 aromatic rings. The van der Waals surface area contributed by atoms with Gasteiger partial charge in [0, 0.05) is 23.6 Å². The van der Waals surface area contributed by atoms with Gasteiger partial charge in [-0.05, 0) is 17.5 Å². The summed E-state index contributed by atoms with van der Waals surface area (Å²) in [7, 11) is -3.93. The molecule has 0 saturated heterocycles. The minimum atomic E-state index is -3.93. The third-order valence-corrected chi connectivity index (χ3v) is 4.96. The smallest absolute Gasteiger partial charge is 0.270 e. The summed E-state index contributed by atoms with van der Waals surface area (Å²) in [4.78, 5) is 10.7. The highest BCUT2D eigenvalue weighted by Crippen LogP contribution is 2.26. The number of hydrogen-bond donors (Lipinski definition) is 3. The molecule has 0 spiro atoms. The van der Waals surface area contributed by atoms with Gasteiger partial charge in [0.2, 0.25) is 10.0 Å². The van der Waals surface area contributed by atoms with E-state index in [1.807, 2.05) is 5.38 Å². The van der Waals surface area contributed by atoms with Crippen molar-refractivity contribution in [3.8, 4) is 0 Å². The molecule has 0 saturated carbocycles. The maximum atomic E-state index is 12.3. The number of sulfonamides is 1. The highest BCUT2D eigenvalue weighted by atomic mass is 32.2. The van der Waals surface area contributed by atoms with Crippen molar-refractivity contribution >= 4 is 32.7 Å². The van der Waals surface area contributed by atoms with Gasteiger partial charge in [-0.1, -0.05) is 6.07 Å². The van der Waals surface area contributed by atoms with Crippen molar-refractivity contribution in [3.05, 3.63) is 50.7 Å². The van der Waals surface area contributed by atoms with Gasteiger partial charge in [0.05, 0.1) is 10.6 Å². The highest BCUT2D eigenvalue weighted by molar-refractivity contribution is 7.89. The molecule has 8 nitrogen and oxygen atoms in total. The monoisotopic (exact) mass is 328 g/mol. The average Bonchev–Trinajstić information content (AvgIpc) is 2.98. The summed E-state index contributed by atoms with van der Waals surface area (Å²) in [6.07, 6.45) is 0. The average molecular weight is 328 g/mol. The molecule has 0 aliphatic carbocycles. The quantitative estimate of drug-likeness (QED) is 0.418. The maximum Gasteiger partial charge on any atom is 0.270 e. The Morgan fingerprint density at radius 1 is 1.33 bits per heavy atom. The van der Waals surface area contributed by atoms with E-state index in [1.165, 1.54) is 23.5 Å². The van der Waals surface area contributed by atoms with Crippen molar-refractivity contribution in [3.63, 3.8) is 0 Å². The fraction of sp³-hybridized carbons (Fsp3) is 0.0909. The number of hydrazine groups is 1. The molecule has 0 bridgehead atoms. The predicted molar refractivity (Wildman–Crippen MR) is 79.3 cm³/mol. The second-order valence-corrected chi connectivity index (χ2v) is 6.75. The molecule has 0 radical (unpaired) electrons. The van der Waals surface area contributed by atoms with Crippen LogP contribution < -0.4 is 16.0 Å². The molecule has 10 heteroatoms. The number of anilines is 1. The number of nitrogens with one attached hydrogen (secondary N) is 2. The van der Waals surface area contributed by atoms with Crippen LogP contribution in [0, 0.1) is 10.1 Å². The van der Waals surface area contributed by atoms with Gasteiger partial charge in [0.25, 0.3) is 5.69 Å². The fourth-order valence-corrected chi connectivity index (χ4v) is 3.55. The molecule has 2 rings (SSSR count). The number of hydrogen-bond acceptors (Lipinski definition) is 7. The lowest BCUT2D eigenvalue weighted by Crippen LogP contribution is -2.24. The first-order valence-electron chi connectivity index (χ1n) is 5.71. The van der Waals surface area contributed by atoms with Crippen LogP contribution in [0.15, 0.2) is 40.6 Å². The predicted octanol–water partition coefficient (Wildman–Crippen LogP) is 1.42. The fourth-order valence-electron chi connectivity index (χ4n) is 1.62. The summed E-state index contributed by atoms with van der Waals surface area (Å²) >= 11 is 1.40. The van der Waals surface area contributed by atoms with Gasteiger partial charge in [0.1, 0.15) is 4.90 Å². The lowest BCUT2D eigenvalue weighted by molar-refractivity contribution is -0.385. The van der Waals surface area contributed by atoms with Crippen LogP contribution in [0.2, 0.25) is 0 Å². The molecule has 4 N–H and O–H groups in total. The molecule has 0 aliphatic rings. The van der Waals surface area contributed by atoms with E-state index in [1.54, 1.807) is 12.1 Å². The highest BCUT2D eigenvalue weighted by Gasteiger charge is 2.22. The Hall–Kier alpha value is -2.01. The van der Waals surface area contributed by atoms with Gasteiger partial charge >= 0.3 is 0 Å². The third kappa shape index (κ3) is 3.55. The Kier molecular flexibility index (Phi) is 4.53. The summed E-state index contributed by atoms with van der Waals surface area (Å²) in [5.41, 5.74) is 1.98. The van der Waals surface area contributed by atoms with Gasteiger partial charge in [-0.2, -0.15) is 0 Å². The van der Waals surface area contributed by atoms with E-state index < -0.39 is 14.9 Å². The van der Waals surface area contributed by atoms with Crippen molar-refractivity contribution in [2.24, 2.45) is 5.84 Å². The van der Waals surface area contributed by atoms with Crippen LogP contribution in [-0.4, -0.2) is 13.3 Å². The maximum absolute atomic E-state index is 12.3. The first-order valence-corrected chi connectivity index (χ1v) is 8.07. The van der Waals surface area contributed by atoms with E-state index in [0.29, 0.717) is 0 Å². The van der Waals surface area contributed by atoms with E-state index in [0.717, 1.165) is 10.9 Å². The van der Waals surface area contributed by atoms with Crippen LogP contribution in [0.5, 0.6) is 0 Å². The molecule has 21 heavy (non-hydrogen) atoms. The number of rotatable bonds is 6. The zero-order valence-corrected chi connectivity index (χ0v) is 12.3. The molecule has 112 valence electrons. The van der Waals surface area contributed by atoms with Crippen LogP contribution in [0.3, 0.4) is 0 Å². The van der Waals surface area contributed by atoms with Gasteiger partial charge < -0.3 is 5.43 Å². The van der Waals surface area contributed by atoms with Crippen molar-refractivity contribution in [1.29, 1.82) is 0 Å². The molecular formula is C11H12N4O4S2. The molecule has 1 aromatic heterocycles. The van der Waals surface area contributed by atoms with E-state index >= 15 is 0 Å². The molecular weight excluding hydrogens is 316 g/mol. The summed E-state index contributed by atoms with van der Waals surface area (Å²) in [5, 5.41) is 12.6. The van der Waals surface area contributed by atoms with Crippen LogP contribution >= 0.6 is 11.3 Å². The molecule has 0 atom stereocenters. The summed E-state index contributed by atoms with van der Waals surface area (Å²) in [6.45, 7) is 0.104. The van der Waals surface area contributed by atoms with E-state index in [-0.39, 0.29) is 22.8 Å². The van der Waals surface area contributed by atoms with Crippen molar-refractivity contribution in [2.75, 3.05) is 5.43 Å². The Labute approximate surface area is 124 Å². The molecule has 0 unspecified atom stereocenters. The number of non-ortho nitro benzene ring substituents is 1. The van der Waals surface area contributed by atoms with Crippen LogP contribution in [0.1, 0.15) is 4.88 Å². The van der Waals surface area contributed by atoms with E-state index in [4.69, 9.17) is 5.84 Å². The molecule has 0 amide bonds. The van der Waals surface area contributed by atoms with Gasteiger partial charge in [0.15, 0.2) is 0 Å². The molecule has 1 aromatic carbocycles. The minimum Gasteiger partial charge on any atom is -0.323 e. The SMILES string of the molecule is NNc1ccc([N+](=O)[O-])cc1S(=O)(=O)NCc1cccs1. The Bertz CT molecular complexity index is 744. The minimum absolute atomic E-state index is 0.0827. The third-order valence-electron chi connectivity index (χ3n) is 2.64. The number of benzene rings is 1. The first kappa shape index (κ1) is 15.4. The number of nitrogens with zero attached hydrogens (tertiary/aromatic N) is 1. The Morgan fingerprint density at radius 3 is 2.67 bits per heavy atom. The lowest BCUT2D eigenvalue weighted by Gasteiger charge is -2.10. The lowest BCUT2D eigenvalue weighted by atomic mass is 10.3. The number of nitro groups is 1. The second-order valence-electron chi connectivity index (χ2n) is 3.99. The van der Waals surface area contributed by atoms with Crippen molar-refractivity contribution in [1.82, 2.24) is 4.72 Å². The number of nitro benzene ring substituents is 1. The number of thiophene rings is 1. The summed E-state index contributed by atoms with van der Waals surface area (Å²) < 4.78 is 26.9. The van der Waals surface area contributed by atoms with Gasteiger partial charge in [-0.15, -0.1) is 11.3 Å². The molecule has 1 heterocycles. The van der Waals surface area contributed by atoms with Crippen molar-refractivity contribution < 1.29 is 13.3 Å². The van der Waals surface area contributed by atoms with Crippen LogP contribution in [0.4, 0.5) is 11.4 Å². The van der Waals surface area contributed by atoms with Crippen LogP contribution in [0.25, 0.3) is 0 Å². The van der Waals surface area contributed by atoms with Gasteiger partial charge in [-0.25, -0.2) is 13.1 Å². The normalized spacial score (nSPS) is 11.3. The zero-order valence-electron chi connectivity index (χ0n) is 10.6. The standard InChI is InChI=1S/C11H12N4O4S2/c12-14-10-4-3-8(15(16)17)6-11(10)21(18,19)13-7-9-2-1-5-20-9/h1-6,13-14H,7,12H2. The van der Waals surface area contributed by atoms with E-state index in [2.05, 4.69) is 10.1 Å². The second kappa shape index (κ2) is 6.18. The van der Waals surface area contributed by atoms with Crippen LogP contribution in [-0.2, 0) is 16.6 Å². The largest absolute Gasteiger partial charge is 0.323 e. The Balaban J connectivity index is 2.33.